The first-order valence-electron chi connectivity index (χ1n) is 3.51. The molecule has 0 saturated heterocycles. The number of carboxylic acids is 1. The SMILES string of the molecule is CC(=O)NC(F)(C(=O)O)C(C)C. The molecule has 0 aliphatic rings. The van der Waals surface area contributed by atoms with E-state index in [0.717, 1.165) is 6.92 Å². The van der Waals surface area contributed by atoms with E-state index in [4.69, 9.17) is 5.11 Å². The molecule has 0 radical (unpaired) electrons. The standard InChI is InChI=1S/C7H12FNO3/c1-4(2)7(8,6(11)12)9-5(3)10/h4H,1-3H3,(H,9,10)(H,11,12). The van der Waals surface area contributed by atoms with E-state index < -0.39 is 23.6 Å². The molecular formula is C7H12FNO3. The number of rotatable bonds is 3. The first kappa shape index (κ1) is 10.9. The lowest BCUT2D eigenvalue weighted by Gasteiger charge is -2.24. The van der Waals surface area contributed by atoms with Crippen molar-refractivity contribution in [3.63, 3.8) is 0 Å². The first-order chi connectivity index (χ1) is 5.30. The molecule has 0 aromatic heterocycles. The number of carbonyl (C=O) groups excluding carboxylic acids is 1. The van der Waals surface area contributed by atoms with Gasteiger partial charge in [0.25, 0.3) is 5.79 Å². The second-order valence-electron chi connectivity index (χ2n) is 2.85. The quantitative estimate of drug-likeness (QED) is 0.618. The lowest BCUT2D eigenvalue weighted by Crippen LogP contribution is -2.54. The van der Waals surface area contributed by atoms with Crippen LogP contribution in [0.25, 0.3) is 0 Å². The highest BCUT2D eigenvalue weighted by Gasteiger charge is 2.42. The number of carboxylic acid groups (broad SMARTS) is 1. The van der Waals surface area contributed by atoms with Crippen LogP contribution in [0.3, 0.4) is 0 Å². The normalized spacial score (nSPS) is 15.4. The first-order valence-corrected chi connectivity index (χ1v) is 3.51. The minimum atomic E-state index is -2.66. The lowest BCUT2D eigenvalue weighted by molar-refractivity contribution is -0.160. The highest BCUT2D eigenvalue weighted by molar-refractivity contribution is 5.84. The number of hydrogen-bond donors (Lipinski definition) is 2. The van der Waals surface area contributed by atoms with Crippen molar-refractivity contribution in [3.8, 4) is 0 Å². The largest absolute Gasteiger partial charge is 0.477 e. The van der Waals surface area contributed by atoms with Gasteiger partial charge in [-0.3, -0.25) is 4.79 Å². The number of halogens is 1. The van der Waals surface area contributed by atoms with Crippen LogP contribution in [0.2, 0.25) is 0 Å². The highest BCUT2D eigenvalue weighted by Crippen LogP contribution is 2.18. The maximum atomic E-state index is 13.4. The van der Waals surface area contributed by atoms with Crippen molar-refractivity contribution in [1.29, 1.82) is 0 Å². The second-order valence-corrected chi connectivity index (χ2v) is 2.85. The number of alkyl halides is 1. The summed E-state index contributed by atoms with van der Waals surface area (Å²) in [6.07, 6.45) is 0. The average molecular weight is 177 g/mol. The third-order valence-corrected chi connectivity index (χ3v) is 1.46. The number of hydrogen-bond acceptors (Lipinski definition) is 2. The number of aliphatic carboxylic acids is 1. The summed E-state index contributed by atoms with van der Waals surface area (Å²) in [6.45, 7) is 3.83. The zero-order chi connectivity index (χ0) is 9.94. The van der Waals surface area contributed by atoms with Gasteiger partial charge in [-0.15, -0.1) is 0 Å². The molecule has 0 aromatic rings. The molecule has 4 nitrogen and oxygen atoms in total. The van der Waals surface area contributed by atoms with E-state index in [1.54, 1.807) is 5.32 Å². The molecule has 12 heavy (non-hydrogen) atoms. The van der Waals surface area contributed by atoms with Gasteiger partial charge in [-0.1, -0.05) is 13.8 Å². The van der Waals surface area contributed by atoms with Crippen molar-refractivity contribution in [2.75, 3.05) is 0 Å². The molecular weight excluding hydrogens is 165 g/mol. The fourth-order valence-corrected chi connectivity index (χ4v) is 0.701. The van der Waals surface area contributed by atoms with Crippen LogP contribution in [0.5, 0.6) is 0 Å². The molecule has 0 aliphatic heterocycles. The smallest absolute Gasteiger partial charge is 0.362 e. The Kier molecular flexibility index (Phi) is 3.18. The minimum Gasteiger partial charge on any atom is -0.477 e. The average Bonchev–Trinajstić information content (AvgIpc) is 1.84. The van der Waals surface area contributed by atoms with Gasteiger partial charge in [-0.2, -0.15) is 0 Å². The van der Waals surface area contributed by atoms with Crippen molar-refractivity contribution < 1.29 is 19.1 Å². The van der Waals surface area contributed by atoms with Crippen molar-refractivity contribution in [1.82, 2.24) is 5.32 Å². The molecule has 1 atom stereocenters. The van der Waals surface area contributed by atoms with Gasteiger partial charge in [0.1, 0.15) is 0 Å². The molecule has 70 valence electrons. The van der Waals surface area contributed by atoms with Crippen LogP contribution in [0, 0.1) is 5.92 Å². The molecule has 5 heteroatoms. The third kappa shape index (κ3) is 2.18. The number of carbonyl (C=O) groups is 2. The predicted molar refractivity (Wildman–Crippen MR) is 40.1 cm³/mol. The van der Waals surface area contributed by atoms with Crippen molar-refractivity contribution in [2.24, 2.45) is 5.92 Å². The minimum absolute atomic E-state index is 0.700. The maximum absolute atomic E-state index is 13.4. The summed E-state index contributed by atoms with van der Waals surface area (Å²) in [5.41, 5.74) is 0. The van der Waals surface area contributed by atoms with E-state index in [1.165, 1.54) is 13.8 Å². The Morgan fingerprint density at radius 1 is 1.50 bits per heavy atom. The Labute approximate surface area is 69.8 Å². The molecule has 0 spiro atoms. The van der Waals surface area contributed by atoms with E-state index in [2.05, 4.69) is 0 Å². The van der Waals surface area contributed by atoms with Gasteiger partial charge in [-0.25, -0.2) is 9.18 Å². The van der Waals surface area contributed by atoms with E-state index in [9.17, 15) is 14.0 Å². The van der Waals surface area contributed by atoms with E-state index >= 15 is 0 Å². The lowest BCUT2D eigenvalue weighted by atomic mass is 10.0. The zero-order valence-electron chi connectivity index (χ0n) is 7.22. The Morgan fingerprint density at radius 3 is 2.00 bits per heavy atom. The zero-order valence-corrected chi connectivity index (χ0v) is 7.22. The molecule has 1 amide bonds. The Morgan fingerprint density at radius 2 is 1.92 bits per heavy atom. The summed E-state index contributed by atoms with van der Waals surface area (Å²) in [5.74, 6) is -5.84. The van der Waals surface area contributed by atoms with Gasteiger partial charge < -0.3 is 10.4 Å². The van der Waals surface area contributed by atoms with Crippen LogP contribution < -0.4 is 5.32 Å². The van der Waals surface area contributed by atoms with Crippen LogP contribution in [0.1, 0.15) is 20.8 Å². The fourth-order valence-electron chi connectivity index (χ4n) is 0.701. The Bertz CT molecular complexity index is 205. The summed E-state index contributed by atoms with van der Waals surface area (Å²) in [5, 5.41) is 10.2. The predicted octanol–water partition coefficient (Wildman–Crippen LogP) is 0.529. The van der Waals surface area contributed by atoms with Crippen LogP contribution in [-0.2, 0) is 9.59 Å². The van der Waals surface area contributed by atoms with Gasteiger partial charge >= 0.3 is 5.97 Å². The molecule has 0 rings (SSSR count). The van der Waals surface area contributed by atoms with Crippen molar-refractivity contribution in [3.05, 3.63) is 0 Å². The van der Waals surface area contributed by atoms with Gasteiger partial charge in [0, 0.05) is 12.8 Å². The molecule has 0 saturated carbocycles. The van der Waals surface area contributed by atoms with Crippen LogP contribution in [-0.4, -0.2) is 22.8 Å². The topological polar surface area (TPSA) is 66.4 Å². The van der Waals surface area contributed by atoms with E-state index in [-0.39, 0.29) is 0 Å². The van der Waals surface area contributed by atoms with Crippen LogP contribution >= 0.6 is 0 Å². The number of amides is 1. The molecule has 0 aromatic carbocycles. The van der Waals surface area contributed by atoms with Gasteiger partial charge in [0.2, 0.25) is 5.91 Å². The summed E-state index contributed by atoms with van der Waals surface area (Å²) >= 11 is 0. The summed E-state index contributed by atoms with van der Waals surface area (Å²) in [7, 11) is 0. The molecule has 0 bridgehead atoms. The van der Waals surface area contributed by atoms with Gasteiger partial charge in [0.15, 0.2) is 0 Å². The van der Waals surface area contributed by atoms with Crippen LogP contribution in [0.4, 0.5) is 4.39 Å². The van der Waals surface area contributed by atoms with Crippen molar-refractivity contribution in [2.45, 2.75) is 26.6 Å². The van der Waals surface area contributed by atoms with Crippen molar-refractivity contribution >= 4 is 11.9 Å². The van der Waals surface area contributed by atoms with Gasteiger partial charge in [-0.05, 0) is 0 Å². The van der Waals surface area contributed by atoms with E-state index in [1.807, 2.05) is 0 Å². The molecule has 0 heterocycles. The summed E-state index contributed by atoms with van der Waals surface area (Å²) < 4.78 is 13.4. The highest BCUT2D eigenvalue weighted by atomic mass is 19.1. The molecule has 0 fully saturated rings. The maximum Gasteiger partial charge on any atom is 0.362 e. The number of nitrogens with one attached hydrogen (secondary N) is 1. The summed E-state index contributed by atoms with van der Waals surface area (Å²) in [6, 6.07) is 0. The van der Waals surface area contributed by atoms with Gasteiger partial charge in [0.05, 0.1) is 0 Å². The second kappa shape index (κ2) is 3.51. The summed E-state index contributed by atoms with van der Waals surface area (Å²) in [4.78, 5) is 20.9. The Balaban J connectivity index is 4.62. The fraction of sp³-hybridized carbons (Fsp3) is 0.714. The monoisotopic (exact) mass is 177 g/mol. The third-order valence-electron chi connectivity index (χ3n) is 1.46. The molecule has 0 aliphatic carbocycles. The van der Waals surface area contributed by atoms with E-state index in [0.29, 0.717) is 0 Å². The molecule has 2 N–H and O–H groups in total. The molecule has 1 unspecified atom stereocenters. The van der Waals surface area contributed by atoms with Crippen LogP contribution in [0.15, 0.2) is 0 Å². The Hall–Kier alpha value is -1.13.